The average Bonchev–Trinajstić information content (AvgIpc) is 3.01. The van der Waals surface area contributed by atoms with Crippen LogP contribution in [0.4, 0.5) is 0 Å². The molecular weight excluding hydrogens is 294 g/mol. The van der Waals surface area contributed by atoms with E-state index in [1.54, 1.807) is 31.3 Å². The maximum absolute atomic E-state index is 11.4. The summed E-state index contributed by atoms with van der Waals surface area (Å²) < 4.78 is 0. The number of carboxylic acid groups (broad SMARTS) is 1. The van der Waals surface area contributed by atoms with Gasteiger partial charge in [-0.1, -0.05) is 6.07 Å². The molecule has 0 saturated heterocycles. The summed E-state index contributed by atoms with van der Waals surface area (Å²) in [7, 11) is 0. The molecule has 1 aromatic heterocycles. The Balaban J connectivity index is 2.26. The smallest absolute Gasteiger partial charge is 0.353 e. The van der Waals surface area contributed by atoms with Crippen molar-refractivity contribution in [2.45, 2.75) is 12.8 Å². The predicted molar refractivity (Wildman–Crippen MR) is 80.6 cm³/mol. The minimum atomic E-state index is -1.23. The summed E-state index contributed by atoms with van der Waals surface area (Å²) in [6, 6.07) is 9.38. The van der Waals surface area contributed by atoms with Gasteiger partial charge in [-0.2, -0.15) is 15.6 Å². The zero-order valence-electron chi connectivity index (χ0n) is 12.1. The number of aliphatic carboxylic acids is 1. The zero-order valence-corrected chi connectivity index (χ0v) is 12.1. The van der Waals surface area contributed by atoms with Gasteiger partial charge in [0.15, 0.2) is 0 Å². The van der Waals surface area contributed by atoms with Crippen molar-refractivity contribution in [1.29, 1.82) is 10.5 Å². The molecule has 1 aliphatic rings. The molecule has 1 atom stereocenters. The number of nitrogens with one attached hydrogen (secondary N) is 2. The molecule has 0 spiro atoms. The van der Waals surface area contributed by atoms with Crippen LogP contribution < -0.4 is 5.32 Å². The number of hydrogen-bond donors (Lipinski definition) is 3. The van der Waals surface area contributed by atoms with Crippen molar-refractivity contribution in [3.63, 3.8) is 0 Å². The van der Waals surface area contributed by atoms with Crippen LogP contribution in [0, 0.1) is 22.7 Å². The number of carbonyl (C=O) groups is 1. The lowest BCUT2D eigenvalue weighted by atomic mass is 9.81. The van der Waals surface area contributed by atoms with Crippen molar-refractivity contribution in [1.82, 2.24) is 15.5 Å². The van der Waals surface area contributed by atoms with E-state index in [1.165, 1.54) is 0 Å². The molecule has 2 heterocycles. The zero-order chi connectivity index (χ0) is 16.6. The van der Waals surface area contributed by atoms with Gasteiger partial charge in [0.05, 0.1) is 40.9 Å². The summed E-state index contributed by atoms with van der Waals surface area (Å²) in [5.74, 6) is -1.94. The first kappa shape index (κ1) is 14.4. The summed E-state index contributed by atoms with van der Waals surface area (Å²) in [4.78, 5) is 11.4. The Kier molecular flexibility index (Phi) is 3.32. The van der Waals surface area contributed by atoms with Crippen LogP contribution in [0.1, 0.15) is 18.4 Å². The molecule has 0 radical (unpaired) electrons. The van der Waals surface area contributed by atoms with Gasteiger partial charge in [0.25, 0.3) is 0 Å². The summed E-state index contributed by atoms with van der Waals surface area (Å²) >= 11 is 0. The van der Waals surface area contributed by atoms with Gasteiger partial charge in [-0.25, -0.2) is 4.79 Å². The molecule has 0 amide bonds. The van der Waals surface area contributed by atoms with E-state index in [9.17, 15) is 20.4 Å². The normalized spacial score (nSPS) is 17.6. The van der Waals surface area contributed by atoms with Crippen LogP contribution in [-0.2, 0) is 4.79 Å². The van der Waals surface area contributed by atoms with Crippen LogP contribution in [-0.4, -0.2) is 21.3 Å². The Hall–Kier alpha value is -3.58. The number of dihydropyridines is 1. The fourth-order valence-electron chi connectivity index (χ4n) is 2.74. The third kappa shape index (κ3) is 2.21. The number of rotatable bonds is 2. The first-order chi connectivity index (χ1) is 11.1. The lowest BCUT2D eigenvalue weighted by Crippen LogP contribution is -2.29. The van der Waals surface area contributed by atoms with Gasteiger partial charge in [0, 0.05) is 11.1 Å². The summed E-state index contributed by atoms with van der Waals surface area (Å²) in [5.41, 5.74) is 2.08. The van der Waals surface area contributed by atoms with Crippen LogP contribution in [0.5, 0.6) is 0 Å². The van der Waals surface area contributed by atoms with Gasteiger partial charge in [-0.3, -0.25) is 5.10 Å². The Labute approximate surface area is 131 Å². The molecular formula is C16H11N5O2. The number of carboxylic acids is 1. The molecule has 112 valence electrons. The molecule has 23 heavy (non-hydrogen) atoms. The maximum Gasteiger partial charge on any atom is 0.353 e. The molecule has 2 aromatic rings. The third-order valence-electron chi connectivity index (χ3n) is 3.82. The standard InChI is InChI=1S/C16H11N5O2/c1-8-11(5-17)14(12(6-18)15(20-8)16(22)23)9-2-3-13-10(4-9)7-19-21-13/h2-4,7,14,20H,1H3,(H,19,21)(H,22,23). The highest BCUT2D eigenvalue weighted by Crippen LogP contribution is 2.38. The third-order valence-corrected chi connectivity index (χ3v) is 3.82. The van der Waals surface area contributed by atoms with Crippen molar-refractivity contribution < 1.29 is 9.90 Å². The summed E-state index contributed by atoms with van der Waals surface area (Å²) in [6.45, 7) is 1.62. The second-order valence-electron chi connectivity index (χ2n) is 5.13. The lowest BCUT2D eigenvalue weighted by Gasteiger charge is -2.25. The molecule has 7 heteroatoms. The van der Waals surface area contributed by atoms with Gasteiger partial charge in [-0.05, 0) is 24.6 Å². The number of hydrogen-bond acceptors (Lipinski definition) is 5. The van der Waals surface area contributed by atoms with Gasteiger partial charge in [0.2, 0.25) is 0 Å². The molecule has 1 aromatic carbocycles. The molecule has 0 saturated carbocycles. The number of fused-ring (bicyclic) bond motifs is 1. The number of aromatic amines is 1. The molecule has 3 rings (SSSR count). The monoisotopic (exact) mass is 305 g/mol. The van der Waals surface area contributed by atoms with Gasteiger partial charge in [-0.15, -0.1) is 0 Å². The molecule has 0 fully saturated rings. The second-order valence-corrected chi connectivity index (χ2v) is 5.13. The average molecular weight is 305 g/mol. The van der Waals surface area contributed by atoms with Gasteiger partial charge >= 0.3 is 5.97 Å². The molecule has 7 nitrogen and oxygen atoms in total. The fraction of sp³-hybridized carbons (Fsp3) is 0.125. The van der Waals surface area contributed by atoms with E-state index in [0.717, 1.165) is 10.9 Å². The van der Waals surface area contributed by atoms with Crippen molar-refractivity contribution >= 4 is 16.9 Å². The second kappa shape index (κ2) is 5.32. The Morgan fingerprint density at radius 3 is 2.70 bits per heavy atom. The maximum atomic E-state index is 11.4. The number of H-pyrrole nitrogens is 1. The largest absolute Gasteiger partial charge is 0.477 e. The quantitative estimate of drug-likeness (QED) is 0.778. The van der Waals surface area contributed by atoms with Crippen LogP contribution >= 0.6 is 0 Å². The number of allylic oxidation sites excluding steroid dienone is 3. The van der Waals surface area contributed by atoms with Crippen LogP contribution in [0.3, 0.4) is 0 Å². The minimum Gasteiger partial charge on any atom is -0.477 e. The van der Waals surface area contributed by atoms with E-state index < -0.39 is 11.9 Å². The minimum absolute atomic E-state index is 0.0162. The number of aromatic nitrogens is 2. The summed E-state index contributed by atoms with van der Waals surface area (Å²) in [5, 5.41) is 38.5. The highest BCUT2D eigenvalue weighted by atomic mass is 16.4. The predicted octanol–water partition coefficient (Wildman–Crippen LogP) is 1.91. The van der Waals surface area contributed by atoms with Crippen molar-refractivity contribution in [3.8, 4) is 12.1 Å². The Morgan fingerprint density at radius 1 is 1.30 bits per heavy atom. The molecule has 3 N–H and O–H groups in total. The first-order valence-electron chi connectivity index (χ1n) is 6.75. The van der Waals surface area contributed by atoms with E-state index >= 15 is 0 Å². The first-order valence-corrected chi connectivity index (χ1v) is 6.75. The van der Waals surface area contributed by atoms with E-state index in [0.29, 0.717) is 16.8 Å². The van der Waals surface area contributed by atoms with Crippen molar-refractivity contribution in [3.05, 3.63) is 52.5 Å². The van der Waals surface area contributed by atoms with E-state index in [4.69, 9.17) is 0 Å². The molecule has 0 aliphatic carbocycles. The molecule has 1 aliphatic heterocycles. The van der Waals surface area contributed by atoms with Gasteiger partial charge in [0.1, 0.15) is 5.70 Å². The van der Waals surface area contributed by atoms with Crippen LogP contribution in [0.25, 0.3) is 10.9 Å². The van der Waals surface area contributed by atoms with Crippen molar-refractivity contribution in [2.75, 3.05) is 0 Å². The highest BCUT2D eigenvalue weighted by molar-refractivity contribution is 5.90. The summed E-state index contributed by atoms with van der Waals surface area (Å²) in [6.07, 6.45) is 1.64. The van der Waals surface area contributed by atoms with Crippen LogP contribution in [0.2, 0.25) is 0 Å². The molecule has 0 bridgehead atoms. The number of nitrogens with zero attached hydrogens (tertiary/aromatic N) is 3. The Bertz CT molecular complexity index is 968. The van der Waals surface area contributed by atoms with Gasteiger partial charge < -0.3 is 10.4 Å². The number of nitriles is 2. The highest BCUT2D eigenvalue weighted by Gasteiger charge is 2.33. The lowest BCUT2D eigenvalue weighted by molar-refractivity contribution is -0.133. The SMILES string of the molecule is CC1=C(C#N)C(c2ccc3[nH]ncc3c2)C(C#N)=C(C(=O)O)N1. The van der Waals surface area contributed by atoms with E-state index in [-0.39, 0.29) is 11.3 Å². The Morgan fingerprint density at radius 2 is 2.04 bits per heavy atom. The fourth-order valence-corrected chi connectivity index (χ4v) is 2.74. The topological polar surface area (TPSA) is 126 Å². The van der Waals surface area contributed by atoms with E-state index in [2.05, 4.69) is 21.6 Å². The van der Waals surface area contributed by atoms with Crippen molar-refractivity contribution in [2.24, 2.45) is 0 Å². The van der Waals surface area contributed by atoms with E-state index in [1.807, 2.05) is 6.07 Å². The van der Waals surface area contributed by atoms with Crippen LogP contribution in [0.15, 0.2) is 46.9 Å². The number of benzene rings is 1. The molecule has 1 unspecified atom stereocenters.